The summed E-state index contributed by atoms with van der Waals surface area (Å²) in [6.07, 6.45) is -0.319. The Labute approximate surface area is 147 Å². The summed E-state index contributed by atoms with van der Waals surface area (Å²) >= 11 is 0. The SMILES string of the molecule is Cl.O=C(O)C[C@@H](NCc1ccccc1)C(=O)OCc1ccccc1. The number of carbonyl (C=O) groups excluding carboxylic acids is 1. The first-order valence-corrected chi connectivity index (χ1v) is 7.35. The number of aliphatic carboxylic acids is 1. The monoisotopic (exact) mass is 349 g/mol. The average molecular weight is 350 g/mol. The number of esters is 1. The van der Waals surface area contributed by atoms with Gasteiger partial charge in [0.25, 0.3) is 0 Å². The van der Waals surface area contributed by atoms with Crippen LogP contribution in [0.2, 0.25) is 0 Å². The number of hydrogen-bond donors (Lipinski definition) is 2. The predicted octanol–water partition coefficient (Wildman–Crippen LogP) is 2.78. The van der Waals surface area contributed by atoms with Crippen LogP contribution in [0.15, 0.2) is 60.7 Å². The smallest absolute Gasteiger partial charge is 0.324 e. The standard InChI is InChI=1S/C18H19NO4.ClH/c20-17(21)11-16(19-12-14-7-3-1-4-8-14)18(22)23-13-15-9-5-2-6-10-15;/h1-10,16,19H,11-13H2,(H,20,21);1H/t16-;/m1./s1. The highest BCUT2D eigenvalue weighted by atomic mass is 35.5. The summed E-state index contributed by atoms with van der Waals surface area (Å²) in [5, 5.41) is 11.9. The molecule has 0 aromatic heterocycles. The van der Waals surface area contributed by atoms with Gasteiger partial charge in [-0.25, -0.2) is 0 Å². The number of carbonyl (C=O) groups is 2. The number of nitrogens with one attached hydrogen (secondary N) is 1. The molecule has 128 valence electrons. The fraction of sp³-hybridized carbons (Fsp3) is 0.222. The molecule has 2 aromatic carbocycles. The number of carboxylic acid groups (broad SMARTS) is 1. The highest BCUT2D eigenvalue weighted by Crippen LogP contribution is 2.05. The van der Waals surface area contributed by atoms with Gasteiger partial charge in [0.1, 0.15) is 12.6 Å². The quantitative estimate of drug-likeness (QED) is 0.717. The summed E-state index contributed by atoms with van der Waals surface area (Å²) < 4.78 is 5.21. The molecule has 0 heterocycles. The molecule has 6 heteroatoms. The lowest BCUT2D eigenvalue weighted by Crippen LogP contribution is -2.39. The van der Waals surface area contributed by atoms with Crippen LogP contribution in [0.3, 0.4) is 0 Å². The Morgan fingerprint density at radius 1 is 0.958 bits per heavy atom. The van der Waals surface area contributed by atoms with Gasteiger partial charge in [0.05, 0.1) is 6.42 Å². The van der Waals surface area contributed by atoms with Crippen LogP contribution < -0.4 is 5.32 Å². The first-order valence-electron chi connectivity index (χ1n) is 7.35. The van der Waals surface area contributed by atoms with Gasteiger partial charge in [0.15, 0.2) is 0 Å². The van der Waals surface area contributed by atoms with Crippen LogP contribution in [0.5, 0.6) is 0 Å². The van der Waals surface area contributed by atoms with E-state index in [-0.39, 0.29) is 25.4 Å². The summed E-state index contributed by atoms with van der Waals surface area (Å²) in [6.45, 7) is 0.530. The molecule has 0 unspecified atom stereocenters. The Morgan fingerprint density at radius 3 is 2.04 bits per heavy atom. The fourth-order valence-electron chi connectivity index (χ4n) is 2.08. The molecule has 0 fully saturated rings. The van der Waals surface area contributed by atoms with Crippen molar-refractivity contribution in [2.75, 3.05) is 0 Å². The number of carboxylic acids is 1. The van der Waals surface area contributed by atoms with E-state index in [2.05, 4.69) is 5.32 Å². The molecule has 2 rings (SSSR count). The van der Waals surface area contributed by atoms with Gasteiger partial charge in [-0.1, -0.05) is 60.7 Å². The van der Waals surface area contributed by atoms with E-state index < -0.39 is 18.0 Å². The lowest BCUT2D eigenvalue weighted by atomic mass is 10.1. The summed E-state index contributed by atoms with van der Waals surface area (Å²) in [6, 6.07) is 17.9. The molecule has 0 aliphatic heterocycles. The molecule has 0 saturated heterocycles. The number of benzene rings is 2. The van der Waals surface area contributed by atoms with Gasteiger partial charge in [0.2, 0.25) is 0 Å². The van der Waals surface area contributed by atoms with E-state index in [9.17, 15) is 9.59 Å². The van der Waals surface area contributed by atoms with Gasteiger partial charge < -0.3 is 9.84 Å². The molecule has 2 aromatic rings. The third-order valence-corrected chi connectivity index (χ3v) is 3.28. The van der Waals surface area contributed by atoms with Gasteiger partial charge in [-0.3, -0.25) is 14.9 Å². The van der Waals surface area contributed by atoms with E-state index in [1.165, 1.54) is 0 Å². The lowest BCUT2D eigenvalue weighted by molar-refractivity contribution is -0.151. The van der Waals surface area contributed by atoms with Gasteiger partial charge >= 0.3 is 11.9 Å². The molecule has 0 aliphatic rings. The molecule has 1 atom stereocenters. The van der Waals surface area contributed by atoms with Gasteiger partial charge in [-0.15, -0.1) is 12.4 Å². The van der Waals surface area contributed by atoms with Gasteiger partial charge in [-0.2, -0.15) is 0 Å². The molecule has 0 spiro atoms. The molecule has 0 radical (unpaired) electrons. The van der Waals surface area contributed by atoms with Crippen molar-refractivity contribution in [2.24, 2.45) is 0 Å². The fourth-order valence-corrected chi connectivity index (χ4v) is 2.08. The molecule has 24 heavy (non-hydrogen) atoms. The Bertz CT molecular complexity index is 634. The first kappa shape index (κ1) is 19.7. The molecule has 2 N–H and O–H groups in total. The average Bonchev–Trinajstić information content (AvgIpc) is 2.58. The van der Waals surface area contributed by atoms with Gasteiger partial charge in [0, 0.05) is 6.54 Å². The second-order valence-electron chi connectivity index (χ2n) is 5.11. The summed E-state index contributed by atoms with van der Waals surface area (Å²) in [4.78, 5) is 23.1. The van der Waals surface area contributed by atoms with Crippen LogP contribution in [0.25, 0.3) is 0 Å². The van der Waals surface area contributed by atoms with Gasteiger partial charge in [-0.05, 0) is 11.1 Å². The van der Waals surface area contributed by atoms with Crippen molar-refractivity contribution < 1.29 is 19.4 Å². The Morgan fingerprint density at radius 2 is 1.50 bits per heavy atom. The maximum Gasteiger partial charge on any atom is 0.324 e. The topological polar surface area (TPSA) is 75.6 Å². The van der Waals surface area contributed by atoms with E-state index >= 15 is 0 Å². The third kappa shape index (κ3) is 6.81. The van der Waals surface area contributed by atoms with Crippen LogP contribution in [-0.2, 0) is 27.5 Å². The normalized spacial score (nSPS) is 11.2. The Balaban J connectivity index is 0.00000288. The Kier molecular flexibility index (Phi) is 8.54. The van der Waals surface area contributed by atoms with E-state index in [4.69, 9.17) is 9.84 Å². The molecule has 5 nitrogen and oxygen atoms in total. The highest BCUT2D eigenvalue weighted by Gasteiger charge is 2.22. The Hall–Kier alpha value is -2.37. The molecule has 0 bridgehead atoms. The molecule has 0 aliphatic carbocycles. The zero-order chi connectivity index (χ0) is 16.5. The van der Waals surface area contributed by atoms with Crippen molar-refractivity contribution in [2.45, 2.75) is 25.6 Å². The van der Waals surface area contributed by atoms with E-state index in [1.54, 1.807) is 0 Å². The first-order chi connectivity index (χ1) is 11.1. The molecule has 0 saturated carbocycles. The van der Waals surface area contributed by atoms with Crippen LogP contribution >= 0.6 is 12.4 Å². The number of halogens is 1. The molecular formula is C18H20ClNO4. The second-order valence-corrected chi connectivity index (χ2v) is 5.11. The van der Waals surface area contributed by atoms with E-state index in [0.717, 1.165) is 11.1 Å². The van der Waals surface area contributed by atoms with Crippen LogP contribution in [-0.4, -0.2) is 23.1 Å². The van der Waals surface area contributed by atoms with Crippen molar-refractivity contribution >= 4 is 24.3 Å². The van der Waals surface area contributed by atoms with Crippen molar-refractivity contribution in [3.05, 3.63) is 71.8 Å². The number of hydrogen-bond acceptors (Lipinski definition) is 4. The third-order valence-electron chi connectivity index (χ3n) is 3.28. The van der Waals surface area contributed by atoms with Crippen molar-refractivity contribution in [1.82, 2.24) is 5.32 Å². The second kappa shape index (κ2) is 10.4. The van der Waals surface area contributed by atoms with Crippen LogP contribution in [0.4, 0.5) is 0 Å². The molecular weight excluding hydrogens is 330 g/mol. The van der Waals surface area contributed by atoms with E-state index in [0.29, 0.717) is 6.54 Å². The minimum Gasteiger partial charge on any atom is -0.481 e. The maximum atomic E-state index is 12.1. The highest BCUT2D eigenvalue weighted by molar-refractivity contribution is 5.85. The lowest BCUT2D eigenvalue weighted by Gasteiger charge is -2.16. The summed E-state index contributed by atoms with van der Waals surface area (Å²) in [5.41, 5.74) is 1.83. The minimum absolute atomic E-state index is 0. The van der Waals surface area contributed by atoms with Crippen LogP contribution in [0, 0.1) is 0 Å². The largest absolute Gasteiger partial charge is 0.481 e. The number of rotatable bonds is 8. The minimum atomic E-state index is -1.05. The van der Waals surface area contributed by atoms with E-state index in [1.807, 2.05) is 60.7 Å². The van der Waals surface area contributed by atoms with Crippen molar-refractivity contribution in [1.29, 1.82) is 0 Å². The predicted molar refractivity (Wildman–Crippen MR) is 92.8 cm³/mol. The summed E-state index contributed by atoms with van der Waals surface area (Å²) in [7, 11) is 0. The molecule has 0 amide bonds. The summed E-state index contributed by atoms with van der Waals surface area (Å²) in [5.74, 6) is -1.61. The zero-order valence-electron chi connectivity index (χ0n) is 13.1. The maximum absolute atomic E-state index is 12.1. The van der Waals surface area contributed by atoms with Crippen molar-refractivity contribution in [3.63, 3.8) is 0 Å². The van der Waals surface area contributed by atoms with Crippen molar-refractivity contribution in [3.8, 4) is 0 Å². The number of ether oxygens (including phenoxy) is 1. The van der Waals surface area contributed by atoms with Crippen LogP contribution in [0.1, 0.15) is 17.5 Å². The zero-order valence-corrected chi connectivity index (χ0v) is 13.9.